The van der Waals surface area contributed by atoms with Crippen LogP contribution in [-0.4, -0.2) is 18.5 Å². The molecule has 1 aromatic heterocycles. The van der Waals surface area contributed by atoms with Crippen molar-refractivity contribution in [3.8, 4) is 5.75 Å². The first kappa shape index (κ1) is 19.5. The van der Waals surface area contributed by atoms with Gasteiger partial charge in [-0.25, -0.2) is 4.79 Å². The summed E-state index contributed by atoms with van der Waals surface area (Å²) in [6.07, 6.45) is 0. The average molecular weight is 432 g/mol. The summed E-state index contributed by atoms with van der Waals surface area (Å²) in [5, 5.41) is 9.51. The summed E-state index contributed by atoms with van der Waals surface area (Å²) >= 11 is 12.2. The Balaban J connectivity index is 2.03. The van der Waals surface area contributed by atoms with Gasteiger partial charge in [-0.3, -0.25) is 10.2 Å². The molecule has 0 saturated carbocycles. The number of ether oxygens (including phenoxy) is 2. The summed E-state index contributed by atoms with van der Waals surface area (Å²) in [7, 11) is 0. The summed E-state index contributed by atoms with van der Waals surface area (Å²) in [4.78, 5) is 25.6. The van der Waals surface area contributed by atoms with E-state index >= 15 is 0 Å². The van der Waals surface area contributed by atoms with Crippen LogP contribution in [0.5, 0.6) is 5.75 Å². The van der Waals surface area contributed by atoms with Crippen LogP contribution in [-0.2, 0) is 9.53 Å². The fourth-order valence-electron chi connectivity index (χ4n) is 3.55. The van der Waals surface area contributed by atoms with E-state index in [2.05, 4.69) is 0 Å². The molecule has 1 aliphatic heterocycles. The lowest BCUT2D eigenvalue weighted by Gasteiger charge is -2.32. The maximum absolute atomic E-state index is 12.9. The minimum atomic E-state index is -1.16. The molecule has 2 atom stereocenters. The lowest BCUT2D eigenvalue weighted by Crippen LogP contribution is -2.40. The first-order chi connectivity index (χ1) is 13.9. The minimum absolute atomic E-state index is 0.121. The van der Waals surface area contributed by atoms with E-state index < -0.39 is 23.4 Å². The normalized spacial score (nSPS) is 18.2. The van der Waals surface area contributed by atoms with Crippen LogP contribution in [0.2, 0.25) is 10.0 Å². The van der Waals surface area contributed by atoms with Crippen molar-refractivity contribution in [3.05, 3.63) is 74.1 Å². The van der Waals surface area contributed by atoms with Crippen molar-refractivity contribution in [1.82, 2.24) is 0 Å². The molecule has 29 heavy (non-hydrogen) atoms. The van der Waals surface area contributed by atoms with Crippen molar-refractivity contribution in [1.29, 1.82) is 5.41 Å². The molecule has 0 radical (unpaired) electrons. The predicted octanol–water partition coefficient (Wildman–Crippen LogP) is 4.78. The second-order valence-corrected chi connectivity index (χ2v) is 7.29. The van der Waals surface area contributed by atoms with E-state index in [-0.39, 0.29) is 28.8 Å². The Labute approximate surface area is 175 Å². The molecule has 3 aromatic rings. The Morgan fingerprint density at radius 2 is 1.93 bits per heavy atom. The van der Waals surface area contributed by atoms with E-state index in [1.54, 1.807) is 49.4 Å². The van der Waals surface area contributed by atoms with Crippen LogP contribution in [0.15, 0.2) is 51.7 Å². The van der Waals surface area contributed by atoms with Crippen molar-refractivity contribution < 1.29 is 18.7 Å². The van der Waals surface area contributed by atoms with Crippen molar-refractivity contribution in [2.24, 2.45) is 5.92 Å². The molecule has 148 valence electrons. The number of benzene rings is 2. The second kappa shape index (κ2) is 7.54. The second-order valence-electron chi connectivity index (χ2n) is 6.48. The molecule has 6 nitrogen and oxygen atoms in total. The van der Waals surface area contributed by atoms with Gasteiger partial charge in [0.15, 0.2) is 5.75 Å². The highest BCUT2D eigenvalue weighted by molar-refractivity contribution is 6.42. The van der Waals surface area contributed by atoms with Gasteiger partial charge in [0.1, 0.15) is 11.5 Å². The lowest BCUT2D eigenvalue weighted by atomic mass is 9.78. The molecule has 2 unspecified atom stereocenters. The third-order valence-corrected chi connectivity index (χ3v) is 5.52. The summed E-state index contributed by atoms with van der Waals surface area (Å²) in [6, 6.07) is 11.6. The highest BCUT2D eigenvalue weighted by Crippen LogP contribution is 2.45. The fraction of sp³-hybridized carbons (Fsp3) is 0.190. The van der Waals surface area contributed by atoms with Crippen LogP contribution in [0.1, 0.15) is 24.0 Å². The molecular weight excluding hydrogens is 417 g/mol. The standard InChI is InChI=1S/C21H15Cl2NO5/c1-2-27-20(25)17-15(10-7-8-12(22)13(23)9-10)16-18(29-19(17)24)11-5-3-4-6-14(11)28-21(16)26/h3-9,15,17,24H,2H2,1H3. The number of esters is 1. The van der Waals surface area contributed by atoms with E-state index in [1.807, 2.05) is 0 Å². The van der Waals surface area contributed by atoms with Gasteiger partial charge in [0.05, 0.1) is 27.6 Å². The Kier molecular flexibility index (Phi) is 5.06. The number of hydrogen-bond acceptors (Lipinski definition) is 6. The zero-order valence-electron chi connectivity index (χ0n) is 15.2. The quantitative estimate of drug-likeness (QED) is 0.475. The van der Waals surface area contributed by atoms with E-state index in [9.17, 15) is 9.59 Å². The van der Waals surface area contributed by atoms with Crippen LogP contribution < -0.4 is 10.4 Å². The van der Waals surface area contributed by atoms with Gasteiger partial charge in [-0.1, -0.05) is 41.4 Å². The molecule has 0 fully saturated rings. The van der Waals surface area contributed by atoms with Gasteiger partial charge in [0, 0.05) is 5.92 Å². The zero-order chi connectivity index (χ0) is 20.7. The van der Waals surface area contributed by atoms with Gasteiger partial charge < -0.3 is 13.9 Å². The predicted molar refractivity (Wildman–Crippen MR) is 109 cm³/mol. The molecule has 0 aliphatic carbocycles. The van der Waals surface area contributed by atoms with Gasteiger partial charge >= 0.3 is 11.6 Å². The molecule has 0 spiro atoms. The van der Waals surface area contributed by atoms with Gasteiger partial charge in [-0.15, -0.1) is 0 Å². The first-order valence-electron chi connectivity index (χ1n) is 8.86. The zero-order valence-corrected chi connectivity index (χ0v) is 16.7. The third-order valence-electron chi connectivity index (χ3n) is 4.78. The van der Waals surface area contributed by atoms with E-state index in [0.717, 1.165) is 0 Å². The number of rotatable bonds is 3. The summed E-state index contributed by atoms with van der Waals surface area (Å²) < 4.78 is 16.3. The molecule has 0 amide bonds. The SMILES string of the molecule is CCOC(=O)C1C(=N)Oc2c(c(=O)oc3ccccc23)C1c1ccc(Cl)c(Cl)c1. The van der Waals surface area contributed by atoms with Gasteiger partial charge in [0.25, 0.3) is 0 Å². The largest absolute Gasteiger partial charge is 0.465 e. The number of para-hydroxylation sites is 1. The number of carbonyl (C=O) groups excluding carboxylic acids is 1. The van der Waals surface area contributed by atoms with Gasteiger partial charge in [-0.05, 0) is 36.8 Å². The molecule has 8 heteroatoms. The number of hydrogen-bond donors (Lipinski definition) is 1. The Morgan fingerprint density at radius 3 is 2.66 bits per heavy atom. The molecular formula is C21H15Cl2NO5. The maximum Gasteiger partial charge on any atom is 0.343 e. The summed E-state index contributed by atoms with van der Waals surface area (Å²) in [5.74, 6) is -2.84. The lowest BCUT2D eigenvalue weighted by molar-refractivity contribution is -0.146. The van der Waals surface area contributed by atoms with E-state index in [0.29, 0.717) is 21.6 Å². The maximum atomic E-state index is 12.9. The number of halogens is 2. The minimum Gasteiger partial charge on any atom is -0.465 e. The Morgan fingerprint density at radius 1 is 1.17 bits per heavy atom. The summed E-state index contributed by atoms with van der Waals surface area (Å²) in [6.45, 7) is 1.78. The fourth-order valence-corrected chi connectivity index (χ4v) is 3.85. The van der Waals surface area contributed by atoms with Crippen LogP contribution >= 0.6 is 23.2 Å². The van der Waals surface area contributed by atoms with Crippen molar-refractivity contribution in [3.63, 3.8) is 0 Å². The van der Waals surface area contributed by atoms with Crippen molar-refractivity contribution in [2.75, 3.05) is 6.61 Å². The molecule has 2 aromatic carbocycles. The smallest absolute Gasteiger partial charge is 0.343 e. The van der Waals surface area contributed by atoms with E-state index in [1.165, 1.54) is 0 Å². The van der Waals surface area contributed by atoms with Gasteiger partial charge in [0.2, 0.25) is 5.90 Å². The van der Waals surface area contributed by atoms with Crippen LogP contribution in [0.4, 0.5) is 0 Å². The Hall–Kier alpha value is -2.83. The molecule has 1 N–H and O–H groups in total. The molecule has 4 rings (SSSR count). The first-order valence-corrected chi connectivity index (χ1v) is 9.61. The molecule has 2 heterocycles. The monoisotopic (exact) mass is 431 g/mol. The molecule has 0 bridgehead atoms. The average Bonchev–Trinajstić information content (AvgIpc) is 2.69. The van der Waals surface area contributed by atoms with Crippen LogP contribution in [0.3, 0.4) is 0 Å². The topological polar surface area (TPSA) is 89.6 Å². The van der Waals surface area contributed by atoms with Crippen LogP contribution in [0, 0.1) is 11.3 Å². The number of fused-ring (bicyclic) bond motifs is 3. The van der Waals surface area contributed by atoms with Crippen molar-refractivity contribution in [2.45, 2.75) is 12.8 Å². The summed E-state index contributed by atoms with van der Waals surface area (Å²) in [5.41, 5.74) is 0.327. The highest BCUT2D eigenvalue weighted by atomic mass is 35.5. The number of nitrogens with one attached hydrogen (secondary N) is 1. The number of carbonyl (C=O) groups is 1. The third kappa shape index (κ3) is 3.28. The van der Waals surface area contributed by atoms with Gasteiger partial charge in [-0.2, -0.15) is 0 Å². The highest BCUT2D eigenvalue weighted by Gasteiger charge is 2.45. The molecule has 1 aliphatic rings. The van der Waals surface area contributed by atoms with E-state index in [4.69, 9.17) is 42.5 Å². The Bertz CT molecular complexity index is 1200. The van der Waals surface area contributed by atoms with Crippen LogP contribution in [0.25, 0.3) is 11.0 Å². The van der Waals surface area contributed by atoms with Crippen molar-refractivity contribution >= 4 is 46.0 Å². The molecule has 0 saturated heterocycles.